The lowest BCUT2D eigenvalue weighted by molar-refractivity contribution is -0.139. The van der Waals surface area contributed by atoms with Crippen molar-refractivity contribution < 1.29 is 4.79 Å². The topological polar surface area (TPSA) is 53.7 Å². The van der Waals surface area contributed by atoms with Crippen molar-refractivity contribution in [3.05, 3.63) is 53.5 Å². The summed E-state index contributed by atoms with van der Waals surface area (Å²) in [6.45, 7) is 9.80. The third kappa shape index (κ3) is 4.42. The van der Waals surface area contributed by atoms with E-state index in [1.165, 1.54) is 49.0 Å². The van der Waals surface area contributed by atoms with Gasteiger partial charge in [0.25, 0.3) is 0 Å². The normalized spacial score (nSPS) is 20.2. The number of carbonyl (C=O) groups excluding carboxylic acids is 1. The number of fused-ring (bicyclic) bond motifs is 3. The number of nitrogens with zero attached hydrogens (tertiary/aromatic N) is 5. The zero-order valence-corrected chi connectivity index (χ0v) is 23.1. The van der Waals surface area contributed by atoms with Crippen molar-refractivity contribution in [2.75, 3.05) is 18.5 Å². The molecule has 0 unspecified atom stereocenters. The molecule has 37 heavy (non-hydrogen) atoms. The monoisotopic (exact) mass is 499 g/mol. The molecule has 6 heteroatoms. The Balaban J connectivity index is 1.32. The van der Waals surface area contributed by atoms with Crippen LogP contribution >= 0.6 is 0 Å². The second-order valence-electron chi connectivity index (χ2n) is 13.1. The molecule has 0 N–H and O–H groups in total. The highest BCUT2D eigenvalue weighted by Gasteiger charge is 2.48. The molecule has 6 nitrogen and oxygen atoms in total. The number of hydrogen-bond acceptors (Lipinski definition) is 4. The summed E-state index contributed by atoms with van der Waals surface area (Å²) in [7, 11) is 2.02. The minimum absolute atomic E-state index is 0.0349. The van der Waals surface area contributed by atoms with Gasteiger partial charge in [0.15, 0.2) is 5.65 Å². The van der Waals surface area contributed by atoms with Gasteiger partial charge >= 0.3 is 0 Å². The molecule has 3 aliphatic rings. The highest BCUT2D eigenvalue weighted by Crippen LogP contribution is 2.54. The Bertz CT molecular complexity index is 1310. The Morgan fingerprint density at radius 3 is 2.46 bits per heavy atom. The van der Waals surface area contributed by atoms with Gasteiger partial charge in [-0.05, 0) is 67.6 Å². The van der Waals surface area contributed by atoms with Crippen molar-refractivity contribution in [1.82, 2.24) is 19.5 Å². The van der Waals surface area contributed by atoms with Gasteiger partial charge in [0.1, 0.15) is 0 Å². The summed E-state index contributed by atoms with van der Waals surface area (Å²) in [4.78, 5) is 22.7. The van der Waals surface area contributed by atoms with E-state index in [9.17, 15) is 4.79 Å². The first kappa shape index (κ1) is 24.4. The van der Waals surface area contributed by atoms with E-state index in [0.717, 1.165) is 42.8 Å². The van der Waals surface area contributed by atoms with Crippen LogP contribution in [-0.4, -0.2) is 39.0 Å². The van der Waals surface area contributed by atoms with Gasteiger partial charge in [0, 0.05) is 31.3 Å². The van der Waals surface area contributed by atoms with E-state index >= 15 is 0 Å². The predicted molar refractivity (Wildman–Crippen MR) is 148 cm³/mol. The summed E-state index contributed by atoms with van der Waals surface area (Å²) in [6, 6.07) is 11.1. The van der Waals surface area contributed by atoms with Crippen LogP contribution in [0.2, 0.25) is 0 Å². The molecule has 2 saturated carbocycles. The zero-order chi connectivity index (χ0) is 25.9. The Morgan fingerprint density at radius 2 is 1.81 bits per heavy atom. The third-order valence-electron chi connectivity index (χ3n) is 9.00. The number of rotatable bonds is 4. The number of amides is 1. The maximum absolute atomic E-state index is 13.5. The fourth-order valence-corrected chi connectivity index (χ4v) is 6.96. The van der Waals surface area contributed by atoms with Gasteiger partial charge in [-0.15, -0.1) is 0 Å². The van der Waals surface area contributed by atoms with E-state index in [-0.39, 0.29) is 17.4 Å². The number of hydrogen-bond donors (Lipinski definition) is 0. The molecule has 1 aromatic carbocycles. The average molecular weight is 500 g/mol. The van der Waals surface area contributed by atoms with E-state index in [4.69, 9.17) is 10.1 Å². The number of carbonyl (C=O) groups is 1. The van der Waals surface area contributed by atoms with Crippen LogP contribution in [0.25, 0.3) is 5.65 Å². The van der Waals surface area contributed by atoms with Crippen LogP contribution in [0.4, 0.5) is 11.4 Å². The Labute approximate surface area is 221 Å². The fraction of sp³-hybridized carbons (Fsp3) is 0.581. The Morgan fingerprint density at radius 1 is 1.11 bits per heavy atom. The quantitative estimate of drug-likeness (QED) is 0.404. The molecule has 1 aliphatic heterocycles. The van der Waals surface area contributed by atoms with Crippen LogP contribution in [0.3, 0.4) is 0 Å². The number of anilines is 2. The van der Waals surface area contributed by atoms with E-state index in [1.54, 1.807) is 0 Å². The smallest absolute Gasteiger partial charge is 0.225 e. The lowest BCUT2D eigenvalue weighted by atomic mass is 9.80. The van der Waals surface area contributed by atoms with E-state index in [2.05, 4.69) is 60.5 Å². The highest BCUT2D eigenvalue weighted by molar-refractivity contribution is 5.79. The first-order valence-corrected chi connectivity index (χ1v) is 14.1. The molecule has 3 heterocycles. The molecule has 0 bridgehead atoms. The first-order chi connectivity index (χ1) is 17.7. The van der Waals surface area contributed by atoms with Gasteiger partial charge in [-0.2, -0.15) is 5.10 Å². The minimum Gasteiger partial charge on any atom is -0.338 e. The third-order valence-corrected chi connectivity index (χ3v) is 9.00. The molecule has 2 aliphatic carbocycles. The molecule has 1 amide bonds. The van der Waals surface area contributed by atoms with Gasteiger partial charge in [0.2, 0.25) is 5.91 Å². The Kier molecular flexibility index (Phi) is 5.85. The number of benzene rings is 1. The highest BCUT2D eigenvalue weighted by atomic mass is 16.2. The molecule has 3 aromatic rings. The second-order valence-corrected chi connectivity index (χ2v) is 13.1. The molecule has 6 rings (SSSR count). The Hall–Kier alpha value is -2.89. The largest absolute Gasteiger partial charge is 0.338 e. The van der Waals surface area contributed by atoms with E-state index in [0.29, 0.717) is 11.3 Å². The molecular weight excluding hydrogens is 458 g/mol. The van der Waals surface area contributed by atoms with E-state index in [1.807, 2.05) is 25.1 Å². The molecule has 1 atom stereocenters. The minimum atomic E-state index is -0.0656. The van der Waals surface area contributed by atoms with Gasteiger partial charge in [-0.3, -0.25) is 4.79 Å². The summed E-state index contributed by atoms with van der Waals surface area (Å²) in [5, 5.41) is 4.78. The van der Waals surface area contributed by atoms with Crippen molar-refractivity contribution in [2.24, 2.45) is 16.7 Å². The van der Waals surface area contributed by atoms with Crippen molar-refractivity contribution in [3.8, 4) is 0 Å². The van der Waals surface area contributed by atoms with Gasteiger partial charge in [-0.1, -0.05) is 52.2 Å². The van der Waals surface area contributed by atoms with Crippen molar-refractivity contribution in [2.45, 2.75) is 85.1 Å². The number of aryl methyl sites for hydroxylation is 1. The van der Waals surface area contributed by atoms with Crippen molar-refractivity contribution in [1.29, 1.82) is 0 Å². The lowest BCUT2D eigenvalue weighted by Crippen LogP contribution is -2.42. The molecular formula is C31H41N5O. The fourth-order valence-electron chi connectivity index (χ4n) is 6.96. The predicted octanol–water partition coefficient (Wildman–Crippen LogP) is 6.64. The molecule has 2 aromatic heterocycles. The van der Waals surface area contributed by atoms with Gasteiger partial charge < -0.3 is 9.80 Å². The van der Waals surface area contributed by atoms with Crippen LogP contribution in [0.15, 0.2) is 36.5 Å². The van der Waals surface area contributed by atoms with E-state index < -0.39 is 0 Å². The average Bonchev–Trinajstić information content (AvgIpc) is 3.50. The molecule has 0 saturated heterocycles. The summed E-state index contributed by atoms with van der Waals surface area (Å²) in [5.74, 6) is 0.492. The molecule has 196 valence electrons. The van der Waals surface area contributed by atoms with Gasteiger partial charge in [-0.25, -0.2) is 9.50 Å². The van der Waals surface area contributed by atoms with Crippen molar-refractivity contribution >= 4 is 22.9 Å². The number of aromatic nitrogens is 3. The zero-order valence-electron chi connectivity index (χ0n) is 23.1. The van der Waals surface area contributed by atoms with Crippen LogP contribution in [-0.2, 0) is 11.2 Å². The summed E-state index contributed by atoms with van der Waals surface area (Å²) < 4.78 is 2.06. The molecule has 1 spiro atoms. The summed E-state index contributed by atoms with van der Waals surface area (Å²) in [6.07, 6.45) is 11.3. The summed E-state index contributed by atoms with van der Waals surface area (Å²) >= 11 is 0. The second kappa shape index (κ2) is 8.85. The summed E-state index contributed by atoms with van der Waals surface area (Å²) in [5.41, 5.74) is 7.06. The van der Waals surface area contributed by atoms with Crippen LogP contribution in [0.5, 0.6) is 0 Å². The lowest BCUT2D eigenvalue weighted by Gasteiger charge is -2.41. The first-order valence-electron chi connectivity index (χ1n) is 14.1. The van der Waals surface area contributed by atoms with Crippen LogP contribution in [0, 0.1) is 23.7 Å². The van der Waals surface area contributed by atoms with Gasteiger partial charge in [0.05, 0.1) is 29.3 Å². The standard InChI is InChI=1S/C31H41N5O/c1-21-17-27-32-19-26-25(36(27)33-21)18-31(15-16-31)20-35(26)24-13-11-22(12-14-24)28(30(2,3)4)34(5)29(37)23-9-7-6-8-10-23/h11-14,17,19,23,28H,6-10,15-16,18,20H2,1-5H3/t28-/m0/s1. The SMILES string of the molecule is Cc1cc2ncc3c(n2n1)CC1(CC1)CN3c1ccc([C@H](N(C)C(=O)C2CCCCC2)C(C)(C)C)cc1. The molecule has 2 fully saturated rings. The van der Waals surface area contributed by atoms with Crippen LogP contribution in [0.1, 0.15) is 88.7 Å². The van der Waals surface area contributed by atoms with Crippen molar-refractivity contribution in [3.63, 3.8) is 0 Å². The molecule has 0 radical (unpaired) electrons. The van der Waals surface area contributed by atoms with Crippen LogP contribution < -0.4 is 4.90 Å². The maximum atomic E-state index is 13.5. The maximum Gasteiger partial charge on any atom is 0.225 e.